The fourth-order valence-electron chi connectivity index (χ4n) is 2.12. The highest BCUT2D eigenvalue weighted by atomic mass is 32.2. The van der Waals surface area contributed by atoms with Gasteiger partial charge in [-0.25, -0.2) is 0 Å². The SMILES string of the molecule is CCNC(=O)C(C)Sc1nnc(CC(=O)OCC)n1Cc1ccco1. The van der Waals surface area contributed by atoms with E-state index in [1.54, 1.807) is 30.7 Å². The minimum Gasteiger partial charge on any atom is -0.467 e. The van der Waals surface area contributed by atoms with Crippen molar-refractivity contribution in [1.82, 2.24) is 20.1 Å². The summed E-state index contributed by atoms with van der Waals surface area (Å²) in [6.07, 6.45) is 1.59. The van der Waals surface area contributed by atoms with E-state index in [1.165, 1.54) is 11.8 Å². The van der Waals surface area contributed by atoms with Crippen molar-refractivity contribution in [1.29, 1.82) is 0 Å². The van der Waals surface area contributed by atoms with E-state index in [0.29, 0.717) is 36.4 Å². The molecule has 25 heavy (non-hydrogen) atoms. The number of thioether (sulfide) groups is 1. The lowest BCUT2D eigenvalue weighted by atomic mass is 10.4. The average Bonchev–Trinajstić information content (AvgIpc) is 3.20. The Morgan fingerprint density at radius 3 is 2.84 bits per heavy atom. The predicted octanol–water partition coefficient (Wildman–Crippen LogP) is 1.64. The number of ether oxygens (including phenoxy) is 1. The molecule has 136 valence electrons. The lowest BCUT2D eigenvalue weighted by Crippen LogP contribution is -2.30. The standard InChI is InChI=1S/C16H22N4O4S/c1-4-17-15(22)11(3)25-16-19-18-13(9-14(21)23-5-2)20(16)10-12-7-6-8-24-12/h6-8,11H,4-5,9-10H2,1-3H3,(H,17,22). The molecule has 1 N–H and O–H groups in total. The molecule has 2 aromatic rings. The van der Waals surface area contributed by atoms with E-state index in [1.807, 2.05) is 13.0 Å². The number of rotatable bonds is 9. The van der Waals surface area contributed by atoms with Crippen LogP contribution in [0.3, 0.4) is 0 Å². The number of aromatic nitrogens is 3. The lowest BCUT2D eigenvalue weighted by molar-refractivity contribution is -0.142. The monoisotopic (exact) mass is 366 g/mol. The molecule has 0 fully saturated rings. The molecule has 1 amide bonds. The normalized spacial score (nSPS) is 12.0. The summed E-state index contributed by atoms with van der Waals surface area (Å²) in [7, 11) is 0. The number of carbonyl (C=O) groups is 2. The zero-order chi connectivity index (χ0) is 18.2. The first-order valence-electron chi connectivity index (χ1n) is 8.09. The lowest BCUT2D eigenvalue weighted by Gasteiger charge is -2.12. The van der Waals surface area contributed by atoms with Crippen LogP contribution in [0.5, 0.6) is 0 Å². The molecule has 2 rings (SSSR count). The molecule has 0 aromatic carbocycles. The number of nitrogens with zero attached hydrogens (tertiary/aromatic N) is 3. The molecule has 0 spiro atoms. The van der Waals surface area contributed by atoms with Crippen LogP contribution in [0.4, 0.5) is 0 Å². The van der Waals surface area contributed by atoms with E-state index in [9.17, 15) is 9.59 Å². The van der Waals surface area contributed by atoms with Gasteiger partial charge in [0.1, 0.15) is 18.0 Å². The molecule has 2 heterocycles. The molecule has 0 aliphatic heterocycles. The van der Waals surface area contributed by atoms with Crippen LogP contribution >= 0.6 is 11.8 Å². The van der Waals surface area contributed by atoms with Gasteiger partial charge in [0.2, 0.25) is 5.91 Å². The molecular formula is C16H22N4O4S. The molecule has 0 aliphatic carbocycles. The Morgan fingerprint density at radius 1 is 1.40 bits per heavy atom. The summed E-state index contributed by atoms with van der Waals surface area (Å²) in [4.78, 5) is 23.8. The Morgan fingerprint density at radius 2 is 2.20 bits per heavy atom. The summed E-state index contributed by atoms with van der Waals surface area (Å²) in [6.45, 7) is 6.66. The van der Waals surface area contributed by atoms with Gasteiger partial charge in [0, 0.05) is 6.54 Å². The van der Waals surface area contributed by atoms with Crippen LogP contribution in [-0.2, 0) is 27.3 Å². The highest BCUT2D eigenvalue weighted by molar-refractivity contribution is 8.00. The van der Waals surface area contributed by atoms with Gasteiger partial charge in [0.25, 0.3) is 0 Å². The second kappa shape index (κ2) is 9.26. The topological polar surface area (TPSA) is 99.3 Å². The third-order valence-corrected chi connectivity index (χ3v) is 4.38. The Balaban J connectivity index is 2.21. The summed E-state index contributed by atoms with van der Waals surface area (Å²) in [5, 5.41) is 11.2. The van der Waals surface area contributed by atoms with Gasteiger partial charge in [-0.3, -0.25) is 14.2 Å². The van der Waals surface area contributed by atoms with Crippen molar-refractivity contribution in [3.63, 3.8) is 0 Å². The fraction of sp³-hybridized carbons (Fsp3) is 0.500. The number of carbonyl (C=O) groups excluding carboxylic acids is 2. The number of amides is 1. The molecular weight excluding hydrogens is 344 g/mol. The zero-order valence-electron chi connectivity index (χ0n) is 14.5. The third-order valence-electron chi connectivity index (χ3n) is 3.30. The summed E-state index contributed by atoms with van der Waals surface area (Å²) in [5.41, 5.74) is 0. The fourth-order valence-corrected chi connectivity index (χ4v) is 3.02. The van der Waals surface area contributed by atoms with Crippen LogP contribution in [0.1, 0.15) is 32.4 Å². The van der Waals surface area contributed by atoms with Gasteiger partial charge in [0.05, 0.1) is 24.7 Å². The molecule has 9 heteroatoms. The first-order valence-corrected chi connectivity index (χ1v) is 8.97. The molecule has 1 unspecified atom stereocenters. The smallest absolute Gasteiger partial charge is 0.313 e. The maximum Gasteiger partial charge on any atom is 0.313 e. The first kappa shape index (κ1) is 19.0. The molecule has 0 saturated heterocycles. The minimum atomic E-state index is -0.371. The largest absolute Gasteiger partial charge is 0.467 e. The van der Waals surface area contributed by atoms with E-state index in [-0.39, 0.29) is 23.5 Å². The predicted molar refractivity (Wildman–Crippen MR) is 92.2 cm³/mol. The van der Waals surface area contributed by atoms with Crippen LogP contribution in [0, 0.1) is 0 Å². The molecule has 2 aromatic heterocycles. The second-order valence-corrected chi connectivity index (χ2v) is 6.51. The summed E-state index contributed by atoms with van der Waals surface area (Å²) in [5.74, 6) is 0.730. The van der Waals surface area contributed by atoms with E-state index in [4.69, 9.17) is 9.15 Å². The number of hydrogen-bond donors (Lipinski definition) is 1. The van der Waals surface area contributed by atoms with E-state index >= 15 is 0 Å². The summed E-state index contributed by atoms with van der Waals surface area (Å²) in [6, 6.07) is 3.62. The number of esters is 1. The van der Waals surface area contributed by atoms with Gasteiger partial charge in [-0.15, -0.1) is 10.2 Å². The van der Waals surface area contributed by atoms with Gasteiger partial charge in [-0.05, 0) is 32.9 Å². The quantitative estimate of drug-likeness (QED) is 0.532. The van der Waals surface area contributed by atoms with E-state index in [2.05, 4.69) is 15.5 Å². The van der Waals surface area contributed by atoms with Crippen molar-refractivity contribution in [2.45, 2.75) is 44.1 Å². The molecule has 0 bridgehead atoms. The van der Waals surface area contributed by atoms with Crippen molar-refractivity contribution in [3.05, 3.63) is 30.0 Å². The number of nitrogens with one attached hydrogen (secondary N) is 1. The van der Waals surface area contributed by atoms with Crippen LogP contribution in [0.15, 0.2) is 28.0 Å². The number of furan rings is 1. The van der Waals surface area contributed by atoms with Gasteiger partial charge < -0.3 is 14.5 Å². The van der Waals surface area contributed by atoms with Crippen molar-refractivity contribution in [2.75, 3.05) is 13.2 Å². The van der Waals surface area contributed by atoms with Crippen molar-refractivity contribution >= 4 is 23.6 Å². The van der Waals surface area contributed by atoms with Crippen LogP contribution in [0.2, 0.25) is 0 Å². The van der Waals surface area contributed by atoms with Crippen LogP contribution in [-0.4, -0.2) is 45.0 Å². The number of hydrogen-bond acceptors (Lipinski definition) is 7. The highest BCUT2D eigenvalue weighted by Gasteiger charge is 2.22. The molecule has 1 atom stereocenters. The maximum atomic E-state index is 12.0. The highest BCUT2D eigenvalue weighted by Crippen LogP contribution is 2.24. The van der Waals surface area contributed by atoms with Gasteiger partial charge in [0.15, 0.2) is 5.16 Å². The van der Waals surface area contributed by atoms with Crippen LogP contribution in [0.25, 0.3) is 0 Å². The summed E-state index contributed by atoms with van der Waals surface area (Å²) < 4.78 is 12.1. The van der Waals surface area contributed by atoms with Gasteiger partial charge >= 0.3 is 5.97 Å². The maximum absolute atomic E-state index is 12.0. The Kier molecular flexibility index (Phi) is 7.05. The second-order valence-electron chi connectivity index (χ2n) is 5.20. The third kappa shape index (κ3) is 5.35. The van der Waals surface area contributed by atoms with Crippen molar-refractivity contribution < 1.29 is 18.7 Å². The average molecular weight is 366 g/mol. The van der Waals surface area contributed by atoms with E-state index in [0.717, 1.165) is 0 Å². The Hall–Kier alpha value is -2.29. The minimum absolute atomic E-state index is 0.0116. The first-order chi connectivity index (χ1) is 12.0. The Bertz CT molecular complexity index is 699. The van der Waals surface area contributed by atoms with E-state index < -0.39 is 0 Å². The van der Waals surface area contributed by atoms with Gasteiger partial charge in [-0.2, -0.15) is 0 Å². The molecule has 0 aliphatic rings. The Labute approximate surface area is 150 Å². The van der Waals surface area contributed by atoms with Gasteiger partial charge in [-0.1, -0.05) is 11.8 Å². The van der Waals surface area contributed by atoms with Crippen molar-refractivity contribution in [3.8, 4) is 0 Å². The van der Waals surface area contributed by atoms with Crippen molar-refractivity contribution in [2.24, 2.45) is 0 Å². The van der Waals surface area contributed by atoms with Crippen LogP contribution < -0.4 is 5.32 Å². The molecule has 0 radical (unpaired) electrons. The molecule has 8 nitrogen and oxygen atoms in total. The summed E-state index contributed by atoms with van der Waals surface area (Å²) >= 11 is 1.28. The zero-order valence-corrected chi connectivity index (χ0v) is 15.3. The molecule has 0 saturated carbocycles.